The lowest BCUT2D eigenvalue weighted by Crippen LogP contribution is -2.61. The highest BCUT2D eigenvalue weighted by molar-refractivity contribution is 7.07. The van der Waals surface area contributed by atoms with Crippen molar-refractivity contribution in [1.82, 2.24) is 5.32 Å². The molecule has 0 saturated carbocycles. The smallest absolute Gasteiger partial charge is 0.408 e. The van der Waals surface area contributed by atoms with E-state index in [9.17, 15) is 19.1 Å². The van der Waals surface area contributed by atoms with Crippen LogP contribution in [0.15, 0.2) is 41.1 Å². The summed E-state index contributed by atoms with van der Waals surface area (Å²) in [4.78, 5) is 25.0. The van der Waals surface area contributed by atoms with Crippen LogP contribution in [0.5, 0.6) is 0 Å². The summed E-state index contributed by atoms with van der Waals surface area (Å²) in [5.41, 5.74) is -0.388. The fourth-order valence-electron chi connectivity index (χ4n) is 3.39. The zero-order valence-corrected chi connectivity index (χ0v) is 18.7. The summed E-state index contributed by atoms with van der Waals surface area (Å²) < 4.78 is 18.4. The molecule has 5 nitrogen and oxygen atoms in total. The molecular formula is C23H30FNO4S. The Kier molecular flexibility index (Phi) is 8.01. The van der Waals surface area contributed by atoms with Crippen LogP contribution in [0.1, 0.15) is 51.7 Å². The van der Waals surface area contributed by atoms with Gasteiger partial charge in [-0.25, -0.2) is 14.0 Å². The van der Waals surface area contributed by atoms with Crippen LogP contribution in [0.2, 0.25) is 0 Å². The van der Waals surface area contributed by atoms with Crippen molar-refractivity contribution in [3.8, 4) is 0 Å². The Morgan fingerprint density at radius 2 is 1.83 bits per heavy atom. The summed E-state index contributed by atoms with van der Waals surface area (Å²) in [6.07, 6.45) is 1.41. The van der Waals surface area contributed by atoms with Gasteiger partial charge in [0.1, 0.15) is 17.0 Å². The molecule has 0 aliphatic carbocycles. The Labute approximate surface area is 181 Å². The van der Waals surface area contributed by atoms with E-state index in [2.05, 4.69) is 5.32 Å². The van der Waals surface area contributed by atoms with Crippen LogP contribution in [-0.2, 0) is 22.4 Å². The normalized spacial score (nSPS) is 14.6. The average molecular weight is 436 g/mol. The van der Waals surface area contributed by atoms with E-state index in [1.54, 1.807) is 32.9 Å². The van der Waals surface area contributed by atoms with Crippen molar-refractivity contribution in [2.75, 3.05) is 0 Å². The number of hydrogen-bond donors (Lipinski definition) is 2. The Hall–Kier alpha value is -2.41. The highest BCUT2D eigenvalue weighted by Crippen LogP contribution is 2.29. The summed E-state index contributed by atoms with van der Waals surface area (Å²) >= 11 is 1.48. The molecule has 1 unspecified atom stereocenters. The minimum atomic E-state index is -1.49. The topological polar surface area (TPSA) is 75.6 Å². The Bertz CT molecular complexity index is 830. The van der Waals surface area contributed by atoms with Crippen molar-refractivity contribution in [3.05, 3.63) is 58.0 Å². The number of ether oxygens (including phenoxy) is 1. The number of aryl methyl sites for hydroxylation is 1. The van der Waals surface area contributed by atoms with E-state index in [1.807, 2.05) is 23.8 Å². The Morgan fingerprint density at radius 1 is 1.17 bits per heavy atom. The summed E-state index contributed by atoms with van der Waals surface area (Å²) in [6.45, 7) is 7.04. The first-order chi connectivity index (χ1) is 14.0. The van der Waals surface area contributed by atoms with Crippen LogP contribution in [0, 0.1) is 11.7 Å². The van der Waals surface area contributed by atoms with Crippen LogP contribution in [0.25, 0.3) is 0 Å². The van der Waals surface area contributed by atoms with Gasteiger partial charge in [-0.2, -0.15) is 11.3 Å². The number of nitrogens with one attached hydrogen (secondary N) is 1. The SMILES string of the molecule is CC(CCCc1ccc(F)cc1)[C@@](Cc1ccsc1)(NC(=O)OC(C)(C)C)C(=O)O. The van der Waals surface area contributed by atoms with Gasteiger partial charge in [-0.3, -0.25) is 0 Å². The first-order valence-corrected chi connectivity index (χ1v) is 11.0. The lowest BCUT2D eigenvalue weighted by molar-refractivity contribution is -0.147. The molecule has 0 spiro atoms. The van der Waals surface area contributed by atoms with Gasteiger partial charge < -0.3 is 15.2 Å². The summed E-state index contributed by atoms with van der Waals surface area (Å²) in [5, 5.41) is 16.6. The van der Waals surface area contributed by atoms with E-state index in [0.717, 1.165) is 11.1 Å². The van der Waals surface area contributed by atoms with Crippen molar-refractivity contribution in [3.63, 3.8) is 0 Å². The highest BCUT2D eigenvalue weighted by Gasteiger charge is 2.46. The molecule has 1 heterocycles. The van der Waals surface area contributed by atoms with Crippen molar-refractivity contribution in [2.24, 2.45) is 5.92 Å². The van der Waals surface area contributed by atoms with Crippen molar-refractivity contribution < 1.29 is 23.8 Å². The largest absolute Gasteiger partial charge is 0.479 e. The predicted octanol–water partition coefficient (Wildman–Crippen LogP) is 5.44. The Morgan fingerprint density at radius 3 is 2.37 bits per heavy atom. The molecule has 2 rings (SSSR count). The third kappa shape index (κ3) is 6.83. The third-order valence-electron chi connectivity index (χ3n) is 5.03. The molecule has 0 fully saturated rings. The number of alkyl carbamates (subject to hydrolysis) is 1. The van der Waals surface area contributed by atoms with Crippen LogP contribution in [0.3, 0.4) is 0 Å². The second kappa shape index (κ2) is 10.1. The summed E-state index contributed by atoms with van der Waals surface area (Å²) in [5.74, 6) is -1.73. The van der Waals surface area contributed by atoms with Crippen molar-refractivity contribution >= 4 is 23.4 Å². The van der Waals surface area contributed by atoms with Gasteiger partial charge >= 0.3 is 12.1 Å². The lowest BCUT2D eigenvalue weighted by Gasteiger charge is -2.36. The number of carbonyl (C=O) groups excluding carboxylic acids is 1. The van der Waals surface area contributed by atoms with Crippen molar-refractivity contribution in [1.29, 1.82) is 0 Å². The molecule has 0 saturated heterocycles. The average Bonchev–Trinajstić information content (AvgIpc) is 3.13. The fourth-order valence-corrected chi connectivity index (χ4v) is 4.06. The molecule has 0 aliphatic rings. The van der Waals surface area contributed by atoms with E-state index >= 15 is 0 Å². The molecule has 1 aromatic carbocycles. The van der Waals surface area contributed by atoms with Gasteiger partial charge in [0.2, 0.25) is 0 Å². The molecule has 2 atom stereocenters. The van der Waals surface area contributed by atoms with Crippen LogP contribution < -0.4 is 5.32 Å². The second-order valence-electron chi connectivity index (χ2n) is 8.63. The maximum Gasteiger partial charge on any atom is 0.408 e. The molecule has 30 heavy (non-hydrogen) atoms. The number of halogens is 1. The standard InChI is InChI=1S/C23H30FNO4S/c1-16(6-5-7-17-8-10-19(24)11-9-17)23(20(26)27,14-18-12-13-30-15-18)25-21(28)29-22(2,3)4/h8-13,15-16H,5-7,14H2,1-4H3,(H,25,28)(H,26,27)/t16?,23-/m1/s1. The van der Waals surface area contributed by atoms with E-state index in [1.165, 1.54) is 23.5 Å². The number of carboxylic acids is 1. The number of aliphatic carboxylic acids is 1. The predicted molar refractivity (Wildman–Crippen MR) is 116 cm³/mol. The van der Waals surface area contributed by atoms with E-state index in [4.69, 9.17) is 4.74 Å². The van der Waals surface area contributed by atoms with E-state index in [0.29, 0.717) is 19.3 Å². The minimum absolute atomic E-state index is 0.169. The first kappa shape index (κ1) is 23.9. The lowest BCUT2D eigenvalue weighted by atomic mass is 9.77. The molecule has 2 aromatic rings. The number of benzene rings is 1. The number of thiophene rings is 1. The molecule has 164 valence electrons. The molecule has 7 heteroatoms. The van der Waals surface area contributed by atoms with Gasteiger partial charge in [-0.05, 0) is 86.0 Å². The molecule has 1 aromatic heterocycles. The molecule has 1 amide bonds. The summed E-state index contributed by atoms with van der Waals surface area (Å²) in [7, 11) is 0. The zero-order valence-electron chi connectivity index (χ0n) is 17.9. The molecule has 0 aliphatic heterocycles. The van der Waals surface area contributed by atoms with Gasteiger partial charge in [0.05, 0.1) is 0 Å². The fraction of sp³-hybridized carbons (Fsp3) is 0.478. The van der Waals surface area contributed by atoms with Gasteiger partial charge in [-0.1, -0.05) is 19.1 Å². The second-order valence-corrected chi connectivity index (χ2v) is 9.41. The Balaban J connectivity index is 2.17. The van der Waals surface area contributed by atoms with E-state index < -0.39 is 23.2 Å². The van der Waals surface area contributed by atoms with Gasteiger partial charge in [0, 0.05) is 6.42 Å². The first-order valence-electron chi connectivity index (χ1n) is 10.0. The third-order valence-corrected chi connectivity index (χ3v) is 5.76. The maximum atomic E-state index is 13.1. The highest BCUT2D eigenvalue weighted by atomic mass is 32.1. The van der Waals surface area contributed by atoms with Crippen molar-refractivity contribution in [2.45, 2.75) is 64.5 Å². The number of carboxylic acid groups (broad SMARTS) is 1. The molecule has 0 radical (unpaired) electrons. The van der Waals surface area contributed by atoms with Crippen LogP contribution in [-0.4, -0.2) is 28.3 Å². The minimum Gasteiger partial charge on any atom is -0.479 e. The number of rotatable bonds is 9. The number of carbonyl (C=O) groups is 2. The molecule has 2 N–H and O–H groups in total. The maximum absolute atomic E-state index is 13.1. The monoisotopic (exact) mass is 435 g/mol. The van der Waals surface area contributed by atoms with Crippen LogP contribution in [0.4, 0.5) is 9.18 Å². The van der Waals surface area contributed by atoms with Crippen LogP contribution >= 0.6 is 11.3 Å². The van der Waals surface area contributed by atoms with Gasteiger partial charge in [0.25, 0.3) is 0 Å². The zero-order chi connectivity index (χ0) is 22.4. The van der Waals surface area contributed by atoms with E-state index in [-0.39, 0.29) is 18.2 Å². The van der Waals surface area contributed by atoms with Gasteiger partial charge in [-0.15, -0.1) is 0 Å². The number of amides is 1. The number of hydrogen-bond acceptors (Lipinski definition) is 4. The summed E-state index contributed by atoms with van der Waals surface area (Å²) in [6, 6.07) is 8.16. The quantitative estimate of drug-likeness (QED) is 0.550. The van der Waals surface area contributed by atoms with Gasteiger partial charge in [0.15, 0.2) is 0 Å². The molecular weight excluding hydrogens is 405 g/mol. The molecule has 0 bridgehead atoms.